The van der Waals surface area contributed by atoms with Crippen molar-refractivity contribution in [1.29, 1.82) is 0 Å². The van der Waals surface area contributed by atoms with Crippen LogP contribution in [0.15, 0.2) is 54.6 Å². The molecule has 1 atom stereocenters. The Bertz CT molecular complexity index is 588. The fraction of sp³-hybridized carbons (Fsp3) is 0.133. The number of halogens is 1. The normalized spacial score (nSPS) is 21.6. The molecule has 1 aliphatic heterocycles. The third-order valence-electron chi connectivity index (χ3n) is 3.16. The maximum atomic E-state index is 13.6. The number of hydrogen-bond donors (Lipinski definition) is 0. The van der Waals surface area contributed by atoms with E-state index < -0.39 is 11.4 Å². The zero-order chi connectivity index (χ0) is 12.6. The van der Waals surface area contributed by atoms with Crippen LogP contribution in [0.25, 0.3) is 0 Å². The lowest BCUT2D eigenvalue weighted by atomic mass is 9.91. The number of rotatable bonds is 3. The Morgan fingerprint density at radius 2 is 1.67 bits per heavy atom. The van der Waals surface area contributed by atoms with E-state index in [1.54, 1.807) is 12.1 Å². The van der Waals surface area contributed by atoms with Crippen LogP contribution < -0.4 is 0 Å². The average molecular weight is 242 g/mol. The zero-order valence-corrected chi connectivity index (χ0v) is 9.60. The van der Waals surface area contributed by atoms with Gasteiger partial charge in [0.15, 0.2) is 5.60 Å². The molecule has 0 radical (unpaired) electrons. The van der Waals surface area contributed by atoms with Gasteiger partial charge in [-0.05, 0) is 17.7 Å². The number of ketones is 1. The molecule has 0 saturated carbocycles. The second kappa shape index (κ2) is 4.03. The SMILES string of the molecule is O=C(c1ccccc1F)[C@]1(c2ccccc2)CO1. The van der Waals surface area contributed by atoms with Crippen LogP contribution >= 0.6 is 0 Å². The summed E-state index contributed by atoms with van der Waals surface area (Å²) in [7, 11) is 0. The van der Waals surface area contributed by atoms with Gasteiger partial charge in [0, 0.05) is 0 Å². The summed E-state index contributed by atoms with van der Waals surface area (Å²) in [6, 6.07) is 15.2. The standard InChI is InChI=1S/C15H11FO2/c16-13-9-5-4-8-12(13)14(17)15(10-18-15)11-6-2-1-3-7-11/h1-9H,10H2/t15-/m1/s1. The molecule has 0 spiro atoms. The summed E-state index contributed by atoms with van der Waals surface area (Å²) in [4.78, 5) is 12.4. The molecule has 0 bridgehead atoms. The van der Waals surface area contributed by atoms with Crippen molar-refractivity contribution in [2.75, 3.05) is 6.61 Å². The number of ether oxygens (including phenoxy) is 1. The lowest BCUT2D eigenvalue weighted by molar-refractivity contribution is 0.0866. The second-order valence-electron chi connectivity index (χ2n) is 4.29. The molecule has 3 heteroatoms. The molecular formula is C15H11FO2. The van der Waals surface area contributed by atoms with Crippen molar-refractivity contribution in [2.45, 2.75) is 5.60 Å². The highest BCUT2D eigenvalue weighted by molar-refractivity contribution is 6.04. The van der Waals surface area contributed by atoms with Crippen molar-refractivity contribution in [1.82, 2.24) is 0 Å². The minimum absolute atomic E-state index is 0.0823. The van der Waals surface area contributed by atoms with Gasteiger partial charge >= 0.3 is 0 Å². The highest BCUT2D eigenvalue weighted by atomic mass is 19.1. The van der Waals surface area contributed by atoms with Crippen LogP contribution in [0.1, 0.15) is 15.9 Å². The molecule has 0 aliphatic carbocycles. The van der Waals surface area contributed by atoms with Crippen LogP contribution in [0.4, 0.5) is 4.39 Å². The summed E-state index contributed by atoms with van der Waals surface area (Å²) >= 11 is 0. The lowest BCUT2D eigenvalue weighted by Crippen LogP contribution is -2.23. The quantitative estimate of drug-likeness (QED) is 0.611. The van der Waals surface area contributed by atoms with E-state index in [-0.39, 0.29) is 11.3 Å². The van der Waals surface area contributed by atoms with Gasteiger partial charge in [0.1, 0.15) is 5.82 Å². The van der Waals surface area contributed by atoms with E-state index in [0.717, 1.165) is 5.56 Å². The van der Waals surface area contributed by atoms with Gasteiger partial charge in [0.25, 0.3) is 0 Å². The summed E-state index contributed by atoms with van der Waals surface area (Å²) in [5.74, 6) is -0.819. The smallest absolute Gasteiger partial charge is 0.204 e. The Kier molecular flexibility index (Phi) is 2.49. The summed E-state index contributed by atoms with van der Waals surface area (Å²) < 4.78 is 19.0. The molecular weight excluding hydrogens is 231 g/mol. The van der Waals surface area contributed by atoms with E-state index in [1.165, 1.54) is 12.1 Å². The zero-order valence-electron chi connectivity index (χ0n) is 9.60. The maximum absolute atomic E-state index is 13.6. The number of Topliss-reactive ketones (excluding diaryl/α,β-unsaturated/α-hetero) is 1. The Morgan fingerprint density at radius 1 is 1.06 bits per heavy atom. The number of carbonyl (C=O) groups excluding carboxylic acids is 1. The fourth-order valence-corrected chi connectivity index (χ4v) is 2.07. The summed E-state index contributed by atoms with van der Waals surface area (Å²) in [5, 5.41) is 0. The van der Waals surface area contributed by atoms with Crippen LogP contribution in [0.2, 0.25) is 0 Å². The molecule has 0 aromatic heterocycles. The average Bonchev–Trinajstić information content (AvgIpc) is 3.21. The van der Waals surface area contributed by atoms with Crippen LogP contribution in [0.3, 0.4) is 0 Å². The summed E-state index contributed by atoms with van der Waals surface area (Å²) in [6.07, 6.45) is 0. The molecule has 0 amide bonds. The number of carbonyl (C=O) groups is 1. The van der Waals surface area contributed by atoms with Gasteiger partial charge in [-0.3, -0.25) is 4.79 Å². The van der Waals surface area contributed by atoms with E-state index >= 15 is 0 Å². The first-order chi connectivity index (χ1) is 8.74. The fourth-order valence-electron chi connectivity index (χ4n) is 2.07. The molecule has 2 aromatic carbocycles. The van der Waals surface area contributed by atoms with Gasteiger partial charge < -0.3 is 4.74 Å². The molecule has 1 aliphatic rings. The molecule has 3 rings (SSSR count). The van der Waals surface area contributed by atoms with Gasteiger partial charge in [0.05, 0.1) is 12.2 Å². The molecule has 2 nitrogen and oxygen atoms in total. The van der Waals surface area contributed by atoms with E-state index in [4.69, 9.17) is 4.74 Å². The van der Waals surface area contributed by atoms with Gasteiger partial charge in [-0.2, -0.15) is 0 Å². The Hall–Kier alpha value is -2.00. The molecule has 18 heavy (non-hydrogen) atoms. The Balaban J connectivity index is 2.01. The van der Waals surface area contributed by atoms with Crippen molar-refractivity contribution in [2.24, 2.45) is 0 Å². The van der Waals surface area contributed by atoms with Crippen molar-refractivity contribution >= 4 is 5.78 Å². The molecule has 90 valence electrons. The Morgan fingerprint density at radius 3 is 2.28 bits per heavy atom. The van der Waals surface area contributed by atoms with Gasteiger partial charge in [-0.1, -0.05) is 42.5 Å². The van der Waals surface area contributed by atoms with Crippen LogP contribution in [-0.4, -0.2) is 12.4 Å². The maximum Gasteiger partial charge on any atom is 0.204 e. The van der Waals surface area contributed by atoms with E-state index in [2.05, 4.69) is 0 Å². The van der Waals surface area contributed by atoms with Gasteiger partial charge in [-0.15, -0.1) is 0 Å². The third kappa shape index (κ3) is 1.64. The molecule has 1 saturated heterocycles. The van der Waals surface area contributed by atoms with Crippen molar-refractivity contribution in [3.8, 4) is 0 Å². The number of hydrogen-bond acceptors (Lipinski definition) is 2. The summed E-state index contributed by atoms with van der Waals surface area (Å²) in [6.45, 7) is 0.310. The summed E-state index contributed by atoms with van der Waals surface area (Å²) in [5.41, 5.74) is -0.124. The first-order valence-electron chi connectivity index (χ1n) is 5.73. The van der Waals surface area contributed by atoms with Crippen molar-refractivity contribution < 1.29 is 13.9 Å². The van der Waals surface area contributed by atoms with E-state index in [1.807, 2.05) is 30.3 Å². The first kappa shape index (κ1) is 11.1. The van der Waals surface area contributed by atoms with Crippen LogP contribution in [0.5, 0.6) is 0 Å². The van der Waals surface area contributed by atoms with Crippen LogP contribution in [0, 0.1) is 5.82 Å². The van der Waals surface area contributed by atoms with Gasteiger partial charge in [0.2, 0.25) is 5.78 Å². The predicted molar refractivity (Wildman–Crippen MR) is 64.8 cm³/mol. The third-order valence-corrected chi connectivity index (χ3v) is 3.16. The molecule has 0 N–H and O–H groups in total. The number of epoxide rings is 1. The van der Waals surface area contributed by atoms with E-state index in [0.29, 0.717) is 6.61 Å². The highest BCUT2D eigenvalue weighted by Gasteiger charge is 2.54. The molecule has 1 heterocycles. The van der Waals surface area contributed by atoms with Crippen molar-refractivity contribution in [3.05, 3.63) is 71.5 Å². The molecule has 0 unspecified atom stereocenters. The Labute approximate surface area is 104 Å². The highest BCUT2D eigenvalue weighted by Crippen LogP contribution is 2.41. The largest absolute Gasteiger partial charge is 0.356 e. The van der Waals surface area contributed by atoms with Crippen LogP contribution in [-0.2, 0) is 10.3 Å². The second-order valence-corrected chi connectivity index (χ2v) is 4.29. The van der Waals surface area contributed by atoms with Gasteiger partial charge in [-0.25, -0.2) is 4.39 Å². The topological polar surface area (TPSA) is 29.6 Å². The lowest BCUT2D eigenvalue weighted by Gasteiger charge is -2.11. The minimum atomic E-state index is -0.983. The minimum Gasteiger partial charge on any atom is -0.356 e. The number of benzene rings is 2. The first-order valence-corrected chi connectivity index (χ1v) is 5.73. The molecule has 1 fully saturated rings. The monoisotopic (exact) mass is 242 g/mol. The molecule has 2 aromatic rings. The predicted octanol–water partition coefficient (Wildman–Crippen LogP) is 2.93. The van der Waals surface area contributed by atoms with E-state index in [9.17, 15) is 9.18 Å². The van der Waals surface area contributed by atoms with Crippen molar-refractivity contribution in [3.63, 3.8) is 0 Å².